The Hall–Kier alpha value is -2.28. The predicted molar refractivity (Wildman–Crippen MR) is 130 cm³/mol. The van der Waals surface area contributed by atoms with Crippen LogP contribution in [0.1, 0.15) is 16.9 Å². The average Bonchev–Trinajstić information content (AvgIpc) is 3.06. The number of hydrogen-bond acceptors (Lipinski definition) is 6. The first-order valence-corrected chi connectivity index (χ1v) is 12.3. The van der Waals surface area contributed by atoms with Gasteiger partial charge in [0.25, 0.3) is 0 Å². The third-order valence-electron chi connectivity index (χ3n) is 5.51. The average molecular weight is 435 g/mol. The summed E-state index contributed by atoms with van der Waals surface area (Å²) in [6.45, 7) is 5.14. The van der Waals surface area contributed by atoms with Crippen molar-refractivity contribution in [2.45, 2.75) is 24.3 Å². The van der Waals surface area contributed by atoms with Crippen LogP contribution >= 0.6 is 23.1 Å². The van der Waals surface area contributed by atoms with Crippen LogP contribution in [-0.4, -0.2) is 42.2 Å². The van der Waals surface area contributed by atoms with Crippen LogP contribution in [0.4, 0.5) is 16.4 Å². The van der Waals surface area contributed by atoms with Crippen LogP contribution in [0.2, 0.25) is 0 Å². The minimum Gasteiger partial charge on any atom is -0.353 e. The molecule has 0 saturated carbocycles. The van der Waals surface area contributed by atoms with Crippen molar-refractivity contribution in [3.05, 3.63) is 71.1 Å². The van der Waals surface area contributed by atoms with Crippen LogP contribution in [0.25, 0.3) is 0 Å². The van der Waals surface area contributed by atoms with Gasteiger partial charge in [-0.2, -0.15) is 0 Å². The molecule has 0 unspecified atom stereocenters. The number of hydrogen-bond donors (Lipinski definition) is 2. The first-order valence-electron chi connectivity index (χ1n) is 10.5. The van der Waals surface area contributed by atoms with E-state index in [9.17, 15) is 0 Å². The van der Waals surface area contributed by atoms with E-state index in [1.165, 1.54) is 20.3 Å². The lowest BCUT2D eigenvalue weighted by Gasteiger charge is -2.35. The smallest absolute Gasteiger partial charge is 0.139 e. The normalized spacial score (nSPS) is 18.1. The van der Waals surface area contributed by atoms with Crippen LogP contribution in [0.5, 0.6) is 0 Å². The third kappa shape index (κ3) is 4.26. The number of nitrogens with one attached hydrogen (secondary N) is 2. The molecule has 3 heterocycles. The minimum absolute atomic E-state index is 0.479. The summed E-state index contributed by atoms with van der Waals surface area (Å²) in [4.78, 5) is 10.3. The molecule has 2 aromatic carbocycles. The number of benzene rings is 2. The zero-order chi connectivity index (χ0) is 20.3. The second-order valence-corrected chi connectivity index (χ2v) is 10.1. The molecule has 3 aromatic rings. The summed E-state index contributed by atoms with van der Waals surface area (Å²) in [5.41, 5.74) is 3.33. The Morgan fingerprint density at radius 1 is 1.13 bits per heavy atom. The number of aliphatic imine (C=N–C) groups is 1. The number of piperazine rings is 1. The first kappa shape index (κ1) is 19.7. The lowest BCUT2D eigenvalue weighted by Crippen LogP contribution is -2.52. The first-order chi connectivity index (χ1) is 14.8. The van der Waals surface area contributed by atoms with Crippen molar-refractivity contribution >= 4 is 45.3 Å². The van der Waals surface area contributed by atoms with Crippen LogP contribution in [0, 0.1) is 6.92 Å². The maximum absolute atomic E-state index is 5.13. The molecule has 1 atom stereocenters. The Bertz CT molecular complexity index is 1040. The number of thioether (sulfide) groups is 1. The highest BCUT2D eigenvalue weighted by molar-refractivity contribution is 7.99. The number of aryl methyl sites for hydroxylation is 1. The van der Waals surface area contributed by atoms with Crippen LogP contribution in [-0.2, 0) is 0 Å². The number of rotatable bonds is 4. The molecule has 1 aromatic heterocycles. The van der Waals surface area contributed by atoms with Gasteiger partial charge in [0.15, 0.2) is 0 Å². The molecule has 1 saturated heterocycles. The molecule has 5 rings (SSSR count). The second-order valence-electron chi connectivity index (χ2n) is 7.72. The molecule has 6 heteroatoms. The highest BCUT2D eigenvalue weighted by atomic mass is 32.2. The zero-order valence-corrected chi connectivity index (χ0v) is 18.7. The van der Waals surface area contributed by atoms with Crippen molar-refractivity contribution in [2.75, 3.05) is 30.7 Å². The van der Waals surface area contributed by atoms with E-state index in [0.717, 1.165) is 49.0 Å². The number of amidine groups is 1. The molecule has 2 N–H and O–H groups in total. The van der Waals surface area contributed by atoms with Crippen LogP contribution in [0.3, 0.4) is 0 Å². The van der Waals surface area contributed by atoms with Gasteiger partial charge in [0, 0.05) is 35.4 Å². The van der Waals surface area contributed by atoms with Gasteiger partial charge in [-0.3, -0.25) is 0 Å². The quantitative estimate of drug-likeness (QED) is 0.521. The summed E-state index contributed by atoms with van der Waals surface area (Å²) >= 11 is 3.75. The third-order valence-corrected chi connectivity index (χ3v) is 7.52. The summed E-state index contributed by atoms with van der Waals surface area (Å²) in [6.07, 6.45) is 1.15. The maximum Gasteiger partial charge on any atom is 0.139 e. The molecule has 0 bridgehead atoms. The molecular formula is C24H26N4S2. The number of para-hydroxylation sites is 2. The van der Waals surface area contributed by atoms with Crippen molar-refractivity contribution in [2.24, 2.45) is 4.99 Å². The van der Waals surface area contributed by atoms with Gasteiger partial charge >= 0.3 is 0 Å². The predicted octanol–water partition coefficient (Wildman–Crippen LogP) is 5.65. The van der Waals surface area contributed by atoms with Crippen molar-refractivity contribution < 1.29 is 0 Å². The molecule has 0 spiro atoms. The molecule has 4 nitrogen and oxygen atoms in total. The molecule has 2 aliphatic rings. The topological polar surface area (TPSA) is 39.7 Å². The number of anilines is 2. The Morgan fingerprint density at radius 3 is 2.87 bits per heavy atom. The van der Waals surface area contributed by atoms with E-state index >= 15 is 0 Å². The van der Waals surface area contributed by atoms with Crippen LogP contribution < -0.4 is 10.6 Å². The fraction of sp³-hybridized carbons (Fsp3) is 0.292. The van der Waals surface area contributed by atoms with Crippen molar-refractivity contribution in [3.63, 3.8) is 0 Å². The molecule has 0 amide bonds. The second kappa shape index (κ2) is 8.84. The molecule has 0 radical (unpaired) electrons. The largest absolute Gasteiger partial charge is 0.353 e. The van der Waals surface area contributed by atoms with Crippen molar-refractivity contribution in [3.8, 4) is 0 Å². The highest BCUT2D eigenvalue weighted by Gasteiger charge is 2.27. The summed E-state index contributed by atoms with van der Waals surface area (Å²) < 4.78 is 0. The lowest BCUT2D eigenvalue weighted by molar-refractivity contribution is 0.288. The number of thiophene rings is 1. The minimum atomic E-state index is 0.479. The maximum atomic E-state index is 5.13. The standard InChI is InChI=1S/C24H26N4S2/c1-17-15-20-23(26-21-9-5-6-10-22(21)27-24(20)30-17)28-13-12-25-18(16-28)11-14-29-19-7-3-2-4-8-19/h2-10,15,18,25,27H,11-14,16H2,1H3/t18-/m0/s1. The number of nitrogens with zero attached hydrogens (tertiary/aromatic N) is 2. The zero-order valence-electron chi connectivity index (χ0n) is 17.1. The molecule has 0 aliphatic carbocycles. The van der Waals surface area contributed by atoms with Gasteiger partial charge in [0.1, 0.15) is 10.8 Å². The summed E-state index contributed by atoms with van der Waals surface area (Å²) in [7, 11) is 0. The van der Waals surface area contributed by atoms with Gasteiger partial charge in [0.2, 0.25) is 0 Å². The lowest BCUT2D eigenvalue weighted by atomic mass is 10.1. The molecule has 30 heavy (non-hydrogen) atoms. The van der Waals surface area contributed by atoms with Gasteiger partial charge < -0.3 is 15.5 Å². The van der Waals surface area contributed by atoms with E-state index in [4.69, 9.17) is 4.99 Å². The molecule has 1 fully saturated rings. The Morgan fingerprint density at radius 2 is 1.97 bits per heavy atom. The van der Waals surface area contributed by atoms with Gasteiger partial charge in [-0.05, 0) is 49.4 Å². The van der Waals surface area contributed by atoms with Gasteiger partial charge in [0.05, 0.1) is 16.9 Å². The molecule has 154 valence electrons. The highest BCUT2D eigenvalue weighted by Crippen LogP contribution is 2.39. The van der Waals surface area contributed by atoms with E-state index < -0.39 is 0 Å². The molecule has 2 aliphatic heterocycles. The van der Waals surface area contributed by atoms with E-state index in [-0.39, 0.29) is 0 Å². The van der Waals surface area contributed by atoms with Crippen molar-refractivity contribution in [1.82, 2.24) is 10.2 Å². The number of fused-ring (bicyclic) bond motifs is 2. The summed E-state index contributed by atoms with van der Waals surface area (Å²) in [5.74, 6) is 2.23. The fourth-order valence-electron chi connectivity index (χ4n) is 4.03. The SMILES string of the molecule is Cc1cc2c(s1)Nc1ccccc1N=C2N1CCN[C@@H](CCSc2ccccc2)C1. The Kier molecular flexibility index (Phi) is 5.79. The summed E-state index contributed by atoms with van der Waals surface area (Å²) in [5, 5.41) is 8.53. The van der Waals surface area contributed by atoms with Gasteiger partial charge in [-0.15, -0.1) is 23.1 Å². The van der Waals surface area contributed by atoms with E-state index in [1.807, 2.05) is 23.1 Å². The van der Waals surface area contributed by atoms with E-state index in [2.05, 4.69) is 83.1 Å². The van der Waals surface area contributed by atoms with Gasteiger partial charge in [-0.1, -0.05) is 30.3 Å². The summed E-state index contributed by atoms with van der Waals surface area (Å²) in [6, 6.07) is 21.8. The molecular weight excluding hydrogens is 408 g/mol. The van der Waals surface area contributed by atoms with E-state index in [0.29, 0.717) is 6.04 Å². The Balaban J connectivity index is 1.34. The van der Waals surface area contributed by atoms with Crippen molar-refractivity contribution in [1.29, 1.82) is 0 Å². The van der Waals surface area contributed by atoms with Gasteiger partial charge in [-0.25, -0.2) is 4.99 Å². The fourth-order valence-corrected chi connectivity index (χ4v) is 5.94. The van der Waals surface area contributed by atoms with E-state index in [1.54, 1.807) is 0 Å². The Labute approximate surface area is 186 Å². The monoisotopic (exact) mass is 434 g/mol. The van der Waals surface area contributed by atoms with Crippen LogP contribution in [0.15, 0.2) is 70.6 Å².